The second kappa shape index (κ2) is 7.59. The normalized spacial score (nSPS) is 17.0. The topological polar surface area (TPSA) is 65.7 Å². The molecule has 1 fully saturated rings. The number of halogens is 1. The van der Waals surface area contributed by atoms with Crippen LogP contribution in [-0.2, 0) is 0 Å². The largest absolute Gasteiger partial charge is 0.472 e. The van der Waals surface area contributed by atoms with Gasteiger partial charge in [-0.05, 0) is 36.6 Å². The Morgan fingerprint density at radius 1 is 1.29 bits per heavy atom. The van der Waals surface area contributed by atoms with Crippen molar-refractivity contribution >= 4 is 5.91 Å². The van der Waals surface area contributed by atoms with Crippen molar-refractivity contribution in [3.8, 4) is 0 Å². The van der Waals surface area contributed by atoms with Gasteiger partial charge in [-0.3, -0.25) is 4.79 Å². The lowest BCUT2D eigenvalue weighted by molar-refractivity contribution is 0.0697. The predicted molar refractivity (Wildman–Crippen MR) is 87.0 cm³/mol. The molecule has 2 N–H and O–H groups in total. The SMILES string of the molecule is O=C(c1ccoc1)N1CCC(NCC(O)c2ccc(F)cc2)CC1. The molecule has 1 saturated heterocycles. The number of amides is 1. The highest BCUT2D eigenvalue weighted by Crippen LogP contribution is 2.16. The van der Waals surface area contributed by atoms with Crippen molar-refractivity contribution in [3.05, 3.63) is 59.8 Å². The van der Waals surface area contributed by atoms with Gasteiger partial charge in [0.1, 0.15) is 12.1 Å². The molecule has 1 aromatic carbocycles. The van der Waals surface area contributed by atoms with Gasteiger partial charge in [-0.2, -0.15) is 0 Å². The summed E-state index contributed by atoms with van der Waals surface area (Å²) in [6.07, 6.45) is 3.96. The summed E-state index contributed by atoms with van der Waals surface area (Å²) in [7, 11) is 0. The number of aliphatic hydroxyl groups is 1. The number of rotatable bonds is 5. The van der Waals surface area contributed by atoms with Gasteiger partial charge in [0.05, 0.1) is 17.9 Å². The number of hydrogen-bond donors (Lipinski definition) is 2. The lowest BCUT2D eigenvalue weighted by Gasteiger charge is -2.32. The molecule has 1 aliphatic heterocycles. The van der Waals surface area contributed by atoms with Crippen LogP contribution in [0, 0.1) is 5.82 Å². The molecule has 1 aliphatic rings. The number of nitrogens with one attached hydrogen (secondary N) is 1. The van der Waals surface area contributed by atoms with Crippen LogP contribution in [0.3, 0.4) is 0 Å². The molecule has 1 amide bonds. The summed E-state index contributed by atoms with van der Waals surface area (Å²) in [6.45, 7) is 1.76. The number of carbonyl (C=O) groups is 1. The molecule has 6 heteroatoms. The third kappa shape index (κ3) is 4.01. The van der Waals surface area contributed by atoms with E-state index in [1.165, 1.54) is 24.7 Å². The van der Waals surface area contributed by atoms with Crippen LogP contribution in [0.2, 0.25) is 0 Å². The number of likely N-dealkylation sites (tertiary alicyclic amines) is 1. The molecule has 2 aromatic rings. The Bertz CT molecular complexity index is 649. The number of nitrogens with zero attached hydrogens (tertiary/aromatic N) is 1. The Morgan fingerprint density at radius 3 is 2.62 bits per heavy atom. The maximum Gasteiger partial charge on any atom is 0.257 e. The number of benzene rings is 1. The van der Waals surface area contributed by atoms with E-state index in [0.29, 0.717) is 30.8 Å². The minimum Gasteiger partial charge on any atom is -0.472 e. The highest BCUT2D eigenvalue weighted by Gasteiger charge is 2.24. The van der Waals surface area contributed by atoms with Crippen molar-refractivity contribution in [2.45, 2.75) is 25.0 Å². The van der Waals surface area contributed by atoms with Crippen molar-refractivity contribution in [2.75, 3.05) is 19.6 Å². The predicted octanol–water partition coefficient (Wildman–Crippen LogP) is 2.35. The summed E-state index contributed by atoms with van der Waals surface area (Å²) in [5, 5.41) is 13.5. The highest BCUT2D eigenvalue weighted by atomic mass is 19.1. The lowest BCUT2D eigenvalue weighted by Crippen LogP contribution is -2.45. The fourth-order valence-corrected chi connectivity index (χ4v) is 2.94. The van der Waals surface area contributed by atoms with E-state index >= 15 is 0 Å². The highest BCUT2D eigenvalue weighted by molar-refractivity contribution is 5.93. The molecule has 128 valence electrons. The third-order valence-corrected chi connectivity index (χ3v) is 4.40. The minimum absolute atomic E-state index is 0.00598. The summed E-state index contributed by atoms with van der Waals surface area (Å²) in [5.41, 5.74) is 1.27. The number of carbonyl (C=O) groups excluding carboxylic acids is 1. The van der Waals surface area contributed by atoms with E-state index in [-0.39, 0.29) is 17.8 Å². The van der Waals surface area contributed by atoms with Gasteiger partial charge in [0.2, 0.25) is 0 Å². The van der Waals surface area contributed by atoms with Crippen molar-refractivity contribution < 1.29 is 18.7 Å². The van der Waals surface area contributed by atoms with Gasteiger partial charge < -0.3 is 19.7 Å². The third-order valence-electron chi connectivity index (χ3n) is 4.40. The number of furan rings is 1. The zero-order valence-corrected chi connectivity index (χ0v) is 13.3. The van der Waals surface area contributed by atoms with E-state index in [1.807, 2.05) is 4.90 Å². The van der Waals surface area contributed by atoms with Crippen LogP contribution >= 0.6 is 0 Å². The second-order valence-corrected chi connectivity index (χ2v) is 6.05. The van der Waals surface area contributed by atoms with Crippen LogP contribution in [0.25, 0.3) is 0 Å². The summed E-state index contributed by atoms with van der Waals surface area (Å²) in [6, 6.07) is 7.80. The Balaban J connectivity index is 1.44. The van der Waals surface area contributed by atoms with Crippen LogP contribution in [0.15, 0.2) is 47.3 Å². The van der Waals surface area contributed by atoms with E-state index in [2.05, 4.69) is 5.32 Å². The average molecular weight is 332 g/mol. The van der Waals surface area contributed by atoms with E-state index < -0.39 is 6.10 Å². The summed E-state index contributed by atoms with van der Waals surface area (Å²) in [4.78, 5) is 14.0. The number of aliphatic hydroxyl groups excluding tert-OH is 1. The fraction of sp³-hybridized carbons (Fsp3) is 0.389. The van der Waals surface area contributed by atoms with E-state index in [1.54, 1.807) is 18.2 Å². The zero-order valence-electron chi connectivity index (χ0n) is 13.3. The Labute approximate surface area is 140 Å². The monoisotopic (exact) mass is 332 g/mol. The quantitative estimate of drug-likeness (QED) is 0.882. The first-order valence-electron chi connectivity index (χ1n) is 8.12. The van der Waals surface area contributed by atoms with Gasteiger partial charge >= 0.3 is 0 Å². The molecule has 1 aromatic heterocycles. The average Bonchev–Trinajstić information content (AvgIpc) is 3.15. The molecule has 2 heterocycles. The second-order valence-electron chi connectivity index (χ2n) is 6.05. The molecule has 1 unspecified atom stereocenters. The van der Waals surface area contributed by atoms with Crippen LogP contribution in [0.1, 0.15) is 34.9 Å². The van der Waals surface area contributed by atoms with E-state index in [4.69, 9.17) is 4.42 Å². The van der Waals surface area contributed by atoms with Crippen LogP contribution in [-0.4, -0.2) is 41.6 Å². The molecule has 1 atom stereocenters. The van der Waals surface area contributed by atoms with Gasteiger partial charge in [-0.15, -0.1) is 0 Å². The smallest absolute Gasteiger partial charge is 0.257 e. The standard InChI is InChI=1S/C18H21FN2O3/c19-15-3-1-13(2-4-15)17(22)11-20-16-5-8-21(9-6-16)18(23)14-7-10-24-12-14/h1-4,7,10,12,16-17,20,22H,5-6,8-9,11H2. The van der Waals surface area contributed by atoms with Crippen molar-refractivity contribution in [1.82, 2.24) is 10.2 Å². The van der Waals surface area contributed by atoms with Crippen LogP contribution in [0.4, 0.5) is 4.39 Å². The lowest BCUT2D eigenvalue weighted by atomic mass is 10.0. The molecular formula is C18H21FN2O3. The van der Waals surface area contributed by atoms with Crippen molar-refractivity contribution in [2.24, 2.45) is 0 Å². The maximum atomic E-state index is 12.9. The van der Waals surface area contributed by atoms with Crippen LogP contribution < -0.4 is 5.32 Å². The van der Waals surface area contributed by atoms with Gasteiger partial charge in [0.15, 0.2) is 0 Å². The fourth-order valence-electron chi connectivity index (χ4n) is 2.94. The van der Waals surface area contributed by atoms with Crippen molar-refractivity contribution in [3.63, 3.8) is 0 Å². The molecule has 0 saturated carbocycles. The summed E-state index contributed by atoms with van der Waals surface area (Å²) in [5.74, 6) is -0.317. The molecule has 0 bridgehead atoms. The van der Waals surface area contributed by atoms with Crippen molar-refractivity contribution in [1.29, 1.82) is 0 Å². The van der Waals surface area contributed by atoms with Crippen LogP contribution in [0.5, 0.6) is 0 Å². The first kappa shape index (κ1) is 16.7. The van der Waals surface area contributed by atoms with Gasteiger partial charge in [0, 0.05) is 25.7 Å². The van der Waals surface area contributed by atoms with Gasteiger partial charge in [0.25, 0.3) is 5.91 Å². The molecule has 0 aliphatic carbocycles. The Kier molecular flexibility index (Phi) is 5.27. The van der Waals surface area contributed by atoms with E-state index in [0.717, 1.165) is 12.8 Å². The molecular weight excluding hydrogens is 311 g/mol. The van der Waals surface area contributed by atoms with Gasteiger partial charge in [-0.1, -0.05) is 12.1 Å². The zero-order chi connectivity index (χ0) is 16.9. The Hall–Kier alpha value is -2.18. The summed E-state index contributed by atoms with van der Waals surface area (Å²) < 4.78 is 17.8. The minimum atomic E-state index is -0.670. The first-order chi connectivity index (χ1) is 11.6. The molecule has 0 spiro atoms. The van der Waals surface area contributed by atoms with E-state index in [9.17, 15) is 14.3 Å². The molecule has 24 heavy (non-hydrogen) atoms. The Morgan fingerprint density at radius 2 is 2.00 bits per heavy atom. The molecule has 0 radical (unpaired) electrons. The number of hydrogen-bond acceptors (Lipinski definition) is 4. The molecule has 3 rings (SSSR count). The summed E-state index contributed by atoms with van der Waals surface area (Å²) >= 11 is 0. The maximum absolute atomic E-state index is 12.9. The number of piperidine rings is 1. The first-order valence-corrected chi connectivity index (χ1v) is 8.12. The van der Waals surface area contributed by atoms with Gasteiger partial charge in [-0.25, -0.2) is 4.39 Å². The molecule has 5 nitrogen and oxygen atoms in total.